The Morgan fingerprint density at radius 3 is 2.67 bits per heavy atom. The maximum Gasteiger partial charge on any atom is 0.106 e. The molecule has 0 aromatic heterocycles. The SMILES string of the molecule is CC(C)N(C)CCCNc1ccccc1C(N)=S. The van der Waals surface area contributed by atoms with E-state index in [1.807, 2.05) is 24.3 Å². The van der Waals surface area contributed by atoms with Crippen LogP contribution in [0.1, 0.15) is 25.8 Å². The van der Waals surface area contributed by atoms with Gasteiger partial charge in [0, 0.05) is 23.8 Å². The van der Waals surface area contributed by atoms with E-state index in [0.29, 0.717) is 11.0 Å². The van der Waals surface area contributed by atoms with Crippen LogP contribution in [0.15, 0.2) is 24.3 Å². The number of thiocarbonyl (C=S) groups is 1. The predicted octanol–water partition coefficient (Wildman–Crippen LogP) is 2.46. The minimum Gasteiger partial charge on any atom is -0.389 e. The molecule has 0 spiro atoms. The summed E-state index contributed by atoms with van der Waals surface area (Å²) >= 11 is 5.03. The number of anilines is 1. The van der Waals surface area contributed by atoms with E-state index in [0.717, 1.165) is 30.8 Å². The molecule has 0 saturated carbocycles. The van der Waals surface area contributed by atoms with Gasteiger partial charge in [-0.3, -0.25) is 0 Å². The van der Waals surface area contributed by atoms with Crippen molar-refractivity contribution in [3.05, 3.63) is 29.8 Å². The van der Waals surface area contributed by atoms with Crippen LogP contribution in [0.5, 0.6) is 0 Å². The van der Waals surface area contributed by atoms with E-state index in [4.69, 9.17) is 18.0 Å². The van der Waals surface area contributed by atoms with Crippen LogP contribution in [0, 0.1) is 0 Å². The molecule has 18 heavy (non-hydrogen) atoms. The monoisotopic (exact) mass is 265 g/mol. The number of hydrogen-bond acceptors (Lipinski definition) is 3. The quantitative estimate of drug-likeness (QED) is 0.587. The van der Waals surface area contributed by atoms with Gasteiger partial charge in [-0.2, -0.15) is 0 Å². The summed E-state index contributed by atoms with van der Waals surface area (Å²) in [6.45, 7) is 6.42. The van der Waals surface area contributed by atoms with Crippen molar-refractivity contribution in [1.82, 2.24) is 4.90 Å². The first-order valence-corrected chi connectivity index (χ1v) is 6.76. The van der Waals surface area contributed by atoms with E-state index in [1.54, 1.807) is 0 Å². The van der Waals surface area contributed by atoms with Crippen molar-refractivity contribution >= 4 is 22.9 Å². The highest BCUT2D eigenvalue weighted by Gasteiger charge is 2.04. The molecule has 1 rings (SSSR count). The Balaban J connectivity index is 2.42. The zero-order valence-electron chi connectivity index (χ0n) is 11.4. The van der Waals surface area contributed by atoms with Gasteiger partial charge < -0.3 is 16.0 Å². The number of hydrogen-bond donors (Lipinski definition) is 2. The molecule has 0 aliphatic carbocycles. The molecular formula is C14H23N3S. The predicted molar refractivity (Wildman–Crippen MR) is 83.2 cm³/mol. The van der Waals surface area contributed by atoms with Gasteiger partial charge in [0.2, 0.25) is 0 Å². The highest BCUT2D eigenvalue weighted by molar-refractivity contribution is 7.80. The zero-order valence-corrected chi connectivity index (χ0v) is 12.3. The summed E-state index contributed by atoms with van der Waals surface area (Å²) < 4.78 is 0. The lowest BCUT2D eigenvalue weighted by atomic mass is 10.1. The molecule has 0 bridgehead atoms. The number of para-hydroxylation sites is 1. The van der Waals surface area contributed by atoms with E-state index < -0.39 is 0 Å². The molecule has 4 heteroatoms. The Morgan fingerprint density at radius 2 is 2.06 bits per heavy atom. The Labute approximate surface area is 115 Å². The van der Waals surface area contributed by atoms with Gasteiger partial charge in [-0.25, -0.2) is 0 Å². The second kappa shape index (κ2) is 7.34. The Kier molecular flexibility index (Phi) is 6.09. The van der Waals surface area contributed by atoms with E-state index in [2.05, 4.69) is 31.1 Å². The van der Waals surface area contributed by atoms with Gasteiger partial charge in [0.1, 0.15) is 4.99 Å². The summed E-state index contributed by atoms with van der Waals surface area (Å²) in [4.78, 5) is 2.78. The molecule has 3 N–H and O–H groups in total. The van der Waals surface area contributed by atoms with Gasteiger partial charge >= 0.3 is 0 Å². The Morgan fingerprint density at radius 1 is 1.39 bits per heavy atom. The fourth-order valence-corrected chi connectivity index (χ4v) is 1.84. The molecule has 0 aliphatic heterocycles. The number of benzene rings is 1. The molecular weight excluding hydrogens is 242 g/mol. The van der Waals surface area contributed by atoms with Crippen LogP contribution in [0.2, 0.25) is 0 Å². The highest BCUT2D eigenvalue weighted by Crippen LogP contribution is 2.14. The van der Waals surface area contributed by atoms with E-state index in [-0.39, 0.29) is 0 Å². The third-order valence-electron chi connectivity index (χ3n) is 3.08. The summed E-state index contributed by atoms with van der Waals surface area (Å²) in [6, 6.07) is 8.50. The Bertz CT molecular complexity index is 390. The second-order valence-electron chi connectivity index (χ2n) is 4.76. The summed E-state index contributed by atoms with van der Waals surface area (Å²) in [5.74, 6) is 0. The molecule has 0 unspecified atom stereocenters. The molecule has 100 valence electrons. The molecule has 0 fully saturated rings. The van der Waals surface area contributed by atoms with Gasteiger partial charge in [0.25, 0.3) is 0 Å². The van der Waals surface area contributed by atoms with Crippen LogP contribution >= 0.6 is 12.2 Å². The van der Waals surface area contributed by atoms with Crippen LogP contribution in [-0.4, -0.2) is 36.1 Å². The highest BCUT2D eigenvalue weighted by atomic mass is 32.1. The van der Waals surface area contributed by atoms with Crippen molar-refractivity contribution in [2.75, 3.05) is 25.5 Å². The van der Waals surface area contributed by atoms with Crippen LogP contribution in [0.25, 0.3) is 0 Å². The average Bonchev–Trinajstić information content (AvgIpc) is 2.34. The smallest absolute Gasteiger partial charge is 0.106 e. The summed E-state index contributed by atoms with van der Waals surface area (Å²) in [5.41, 5.74) is 7.64. The fraction of sp³-hybridized carbons (Fsp3) is 0.500. The topological polar surface area (TPSA) is 41.3 Å². The van der Waals surface area contributed by atoms with Gasteiger partial charge in [-0.05, 0) is 46.0 Å². The first-order chi connectivity index (χ1) is 8.52. The van der Waals surface area contributed by atoms with Crippen LogP contribution < -0.4 is 11.1 Å². The number of nitrogens with zero attached hydrogens (tertiary/aromatic N) is 1. The second-order valence-corrected chi connectivity index (χ2v) is 5.20. The van der Waals surface area contributed by atoms with Crippen molar-refractivity contribution in [2.45, 2.75) is 26.3 Å². The molecule has 0 radical (unpaired) electrons. The van der Waals surface area contributed by atoms with Crippen LogP contribution in [0.4, 0.5) is 5.69 Å². The van der Waals surface area contributed by atoms with E-state index in [9.17, 15) is 0 Å². The third-order valence-corrected chi connectivity index (χ3v) is 3.30. The maximum absolute atomic E-state index is 5.69. The summed E-state index contributed by atoms with van der Waals surface area (Å²) in [7, 11) is 2.15. The van der Waals surface area contributed by atoms with E-state index >= 15 is 0 Å². The molecule has 0 heterocycles. The van der Waals surface area contributed by atoms with Crippen molar-refractivity contribution in [1.29, 1.82) is 0 Å². The average molecular weight is 265 g/mol. The van der Waals surface area contributed by atoms with Gasteiger partial charge in [0.05, 0.1) is 0 Å². The molecule has 0 amide bonds. The zero-order chi connectivity index (χ0) is 13.5. The standard InChI is InChI=1S/C14H23N3S/c1-11(2)17(3)10-6-9-16-13-8-5-4-7-12(13)14(15)18/h4-5,7-8,11,16H,6,9-10H2,1-3H3,(H2,15,18). The summed E-state index contributed by atoms with van der Waals surface area (Å²) in [6.07, 6.45) is 1.10. The molecule has 0 atom stereocenters. The van der Waals surface area contributed by atoms with Crippen molar-refractivity contribution < 1.29 is 0 Å². The summed E-state index contributed by atoms with van der Waals surface area (Å²) in [5, 5.41) is 3.39. The number of rotatable bonds is 7. The maximum atomic E-state index is 5.69. The lowest BCUT2D eigenvalue weighted by Gasteiger charge is -2.21. The molecule has 0 aliphatic rings. The normalized spacial score (nSPS) is 10.9. The Hall–Kier alpha value is -1.13. The number of nitrogens with two attached hydrogens (primary N) is 1. The van der Waals surface area contributed by atoms with Crippen molar-refractivity contribution in [2.24, 2.45) is 5.73 Å². The molecule has 3 nitrogen and oxygen atoms in total. The van der Waals surface area contributed by atoms with Crippen LogP contribution in [0.3, 0.4) is 0 Å². The van der Waals surface area contributed by atoms with Gasteiger partial charge in [-0.1, -0.05) is 24.4 Å². The molecule has 1 aromatic carbocycles. The first kappa shape index (κ1) is 14.9. The van der Waals surface area contributed by atoms with Gasteiger partial charge in [-0.15, -0.1) is 0 Å². The fourth-order valence-electron chi connectivity index (χ4n) is 1.66. The number of nitrogens with one attached hydrogen (secondary N) is 1. The third kappa shape index (κ3) is 4.63. The van der Waals surface area contributed by atoms with E-state index in [1.165, 1.54) is 0 Å². The van der Waals surface area contributed by atoms with Gasteiger partial charge in [0.15, 0.2) is 0 Å². The van der Waals surface area contributed by atoms with Crippen LogP contribution in [-0.2, 0) is 0 Å². The van der Waals surface area contributed by atoms with Crippen molar-refractivity contribution in [3.63, 3.8) is 0 Å². The lowest BCUT2D eigenvalue weighted by molar-refractivity contribution is 0.273. The minimum absolute atomic E-state index is 0.442. The lowest BCUT2D eigenvalue weighted by Crippen LogP contribution is -2.28. The first-order valence-electron chi connectivity index (χ1n) is 6.35. The van der Waals surface area contributed by atoms with Crippen molar-refractivity contribution in [3.8, 4) is 0 Å². The molecule has 0 saturated heterocycles. The molecule has 1 aromatic rings. The minimum atomic E-state index is 0.442. The largest absolute Gasteiger partial charge is 0.389 e.